The van der Waals surface area contributed by atoms with E-state index in [-0.39, 0.29) is 6.61 Å². The van der Waals surface area contributed by atoms with Gasteiger partial charge in [0.2, 0.25) is 0 Å². The zero-order valence-electron chi connectivity index (χ0n) is 10.0. The second-order valence-electron chi connectivity index (χ2n) is 3.46. The van der Waals surface area contributed by atoms with Crippen molar-refractivity contribution in [2.75, 3.05) is 27.4 Å². The molecule has 0 aliphatic heterocycles. The lowest BCUT2D eigenvalue weighted by Crippen LogP contribution is -2.03. The predicted octanol–water partition coefficient (Wildman–Crippen LogP) is 2.26. The number of aliphatic hydroxyl groups is 1. The van der Waals surface area contributed by atoms with Crippen molar-refractivity contribution in [3.05, 3.63) is 22.7 Å². The third-order valence-electron chi connectivity index (χ3n) is 2.21. The molecule has 5 heteroatoms. The van der Waals surface area contributed by atoms with Crippen LogP contribution in [0.2, 0.25) is 5.02 Å². The van der Waals surface area contributed by atoms with E-state index < -0.39 is 0 Å². The van der Waals surface area contributed by atoms with Crippen LogP contribution in [0.25, 0.3) is 0 Å². The Morgan fingerprint density at radius 1 is 1.24 bits per heavy atom. The Balaban J connectivity index is 2.75. The second-order valence-corrected chi connectivity index (χ2v) is 3.87. The molecule has 1 rings (SSSR count). The molecule has 1 aromatic rings. The van der Waals surface area contributed by atoms with Crippen LogP contribution in [-0.4, -0.2) is 32.5 Å². The zero-order chi connectivity index (χ0) is 12.7. The molecule has 0 radical (unpaired) electrons. The monoisotopic (exact) mass is 260 g/mol. The number of benzene rings is 1. The first kappa shape index (κ1) is 14.1. The minimum absolute atomic E-state index is 0.0833. The summed E-state index contributed by atoms with van der Waals surface area (Å²) in [5.41, 5.74) is 0.691. The van der Waals surface area contributed by atoms with Gasteiger partial charge in [-0.25, -0.2) is 0 Å². The number of hydrogen-bond acceptors (Lipinski definition) is 4. The number of halogens is 1. The van der Waals surface area contributed by atoms with E-state index >= 15 is 0 Å². The molecule has 0 unspecified atom stereocenters. The van der Waals surface area contributed by atoms with Crippen molar-refractivity contribution < 1.29 is 19.3 Å². The summed E-state index contributed by atoms with van der Waals surface area (Å²) in [6, 6.07) is 3.37. The normalized spacial score (nSPS) is 10.4. The lowest BCUT2D eigenvalue weighted by molar-refractivity contribution is 0.170. The van der Waals surface area contributed by atoms with Crippen LogP contribution in [0.4, 0.5) is 0 Å². The molecule has 0 aliphatic carbocycles. The Morgan fingerprint density at radius 2 is 2.00 bits per heavy atom. The minimum atomic E-state index is -0.0833. The lowest BCUT2D eigenvalue weighted by atomic mass is 10.2. The number of rotatable bonds is 7. The third kappa shape index (κ3) is 4.07. The molecule has 1 aromatic carbocycles. The quantitative estimate of drug-likeness (QED) is 0.764. The molecule has 0 aromatic heterocycles. The van der Waals surface area contributed by atoms with Gasteiger partial charge in [0, 0.05) is 20.1 Å². The summed E-state index contributed by atoms with van der Waals surface area (Å²) in [6.45, 7) is 1.05. The number of aliphatic hydroxyl groups excluding tert-OH is 1. The first-order chi connectivity index (χ1) is 8.22. The van der Waals surface area contributed by atoms with E-state index in [1.165, 1.54) is 7.11 Å². The Bertz CT molecular complexity index is 355. The zero-order valence-corrected chi connectivity index (χ0v) is 10.8. The summed E-state index contributed by atoms with van der Waals surface area (Å²) in [4.78, 5) is 0. The Hall–Kier alpha value is -0.970. The Kier molecular flexibility index (Phi) is 6.11. The summed E-state index contributed by atoms with van der Waals surface area (Å²) in [6.07, 6.45) is 0.776. The van der Waals surface area contributed by atoms with Crippen LogP contribution < -0.4 is 9.47 Å². The molecule has 0 fully saturated rings. The highest BCUT2D eigenvalue weighted by atomic mass is 35.5. The summed E-state index contributed by atoms with van der Waals surface area (Å²) < 4.78 is 15.6. The van der Waals surface area contributed by atoms with Gasteiger partial charge in [-0.05, 0) is 17.7 Å². The van der Waals surface area contributed by atoms with Crippen molar-refractivity contribution >= 4 is 11.6 Å². The van der Waals surface area contributed by atoms with Crippen LogP contribution in [0.5, 0.6) is 11.5 Å². The average Bonchev–Trinajstić information content (AvgIpc) is 2.35. The van der Waals surface area contributed by atoms with Gasteiger partial charge in [-0.1, -0.05) is 11.6 Å². The highest BCUT2D eigenvalue weighted by Gasteiger charge is 2.11. The van der Waals surface area contributed by atoms with Crippen molar-refractivity contribution in [2.24, 2.45) is 0 Å². The van der Waals surface area contributed by atoms with E-state index in [1.54, 1.807) is 19.2 Å². The fourth-order valence-corrected chi connectivity index (χ4v) is 1.67. The molecule has 0 spiro atoms. The van der Waals surface area contributed by atoms with Gasteiger partial charge >= 0.3 is 0 Å². The maximum atomic E-state index is 9.05. The molecular weight excluding hydrogens is 244 g/mol. The summed E-state index contributed by atoms with van der Waals surface area (Å²) in [5, 5.41) is 9.48. The van der Waals surface area contributed by atoms with E-state index in [0.717, 1.165) is 6.42 Å². The molecule has 0 amide bonds. The van der Waals surface area contributed by atoms with Gasteiger partial charge in [-0.2, -0.15) is 0 Å². The Labute approximate surface area is 106 Å². The Morgan fingerprint density at radius 3 is 2.59 bits per heavy atom. The van der Waals surface area contributed by atoms with Gasteiger partial charge in [0.05, 0.1) is 25.3 Å². The summed E-state index contributed by atoms with van der Waals surface area (Å²) in [5.74, 6) is 1.03. The summed E-state index contributed by atoms with van der Waals surface area (Å²) >= 11 is 6.06. The SMILES string of the molecule is COCCCOc1c(Cl)cc(CO)cc1OC. The van der Waals surface area contributed by atoms with Crippen molar-refractivity contribution in [3.8, 4) is 11.5 Å². The van der Waals surface area contributed by atoms with E-state index in [0.29, 0.717) is 35.3 Å². The molecule has 0 saturated heterocycles. The fraction of sp³-hybridized carbons (Fsp3) is 0.500. The molecule has 4 nitrogen and oxygen atoms in total. The largest absolute Gasteiger partial charge is 0.493 e. The first-order valence-electron chi connectivity index (χ1n) is 5.32. The van der Waals surface area contributed by atoms with Crippen LogP contribution in [-0.2, 0) is 11.3 Å². The van der Waals surface area contributed by atoms with Crippen LogP contribution in [0.1, 0.15) is 12.0 Å². The van der Waals surface area contributed by atoms with Gasteiger partial charge in [-0.3, -0.25) is 0 Å². The average molecular weight is 261 g/mol. The molecule has 0 heterocycles. The topological polar surface area (TPSA) is 47.9 Å². The minimum Gasteiger partial charge on any atom is -0.493 e. The van der Waals surface area contributed by atoms with Gasteiger partial charge in [0.1, 0.15) is 0 Å². The van der Waals surface area contributed by atoms with Crippen LogP contribution in [0.15, 0.2) is 12.1 Å². The maximum Gasteiger partial charge on any atom is 0.179 e. The van der Waals surface area contributed by atoms with E-state index in [4.69, 9.17) is 30.9 Å². The van der Waals surface area contributed by atoms with Crippen LogP contribution >= 0.6 is 11.6 Å². The van der Waals surface area contributed by atoms with Crippen LogP contribution in [0.3, 0.4) is 0 Å². The van der Waals surface area contributed by atoms with Crippen molar-refractivity contribution in [1.82, 2.24) is 0 Å². The molecule has 17 heavy (non-hydrogen) atoms. The molecule has 1 N–H and O–H groups in total. The van der Waals surface area contributed by atoms with Gasteiger partial charge in [0.15, 0.2) is 11.5 Å². The molecular formula is C12H17ClO4. The molecule has 0 bridgehead atoms. The molecule has 0 atom stereocenters. The summed E-state index contributed by atoms with van der Waals surface area (Å²) in [7, 11) is 3.18. The van der Waals surface area contributed by atoms with Crippen molar-refractivity contribution in [3.63, 3.8) is 0 Å². The van der Waals surface area contributed by atoms with Gasteiger partial charge in [0.25, 0.3) is 0 Å². The standard InChI is InChI=1S/C12H17ClO4/c1-15-4-3-5-17-12-10(13)6-9(8-14)7-11(12)16-2/h6-7,14H,3-5,8H2,1-2H3. The van der Waals surface area contributed by atoms with E-state index in [9.17, 15) is 0 Å². The van der Waals surface area contributed by atoms with Crippen LogP contribution in [0, 0.1) is 0 Å². The first-order valence-corrected chi connectivity index (χ1v) is 5.69. The number of ether oxygens (including phenoxy) is 3. The van der Waals surface area contributed by atoms with Crippen molar-refractivity contribution in [1.29, 1.82) is 0 Å². The number of methoxy groups -OCH3 is 2. The van der Waals surface area contributed by atoms with Crippen molar-refractivity contribution in [2.45, 2.75) is 13.0 Å². The lowest BCUT2D eigenvalue weighted by Gasteiger charge is -2.13. The molecule has 0 aliphatic rings. The second kappa shape index (κ2) is 7.37. The smallest absolute Gasteiger partial charge is 0.179 e. The van der Waals surface area contributed by atoms with Gasteiger partial charge in [-0.15, -0.1) is 0 Å². The predicted molar refractivity (Wildman–Crippen MR) is 65.9 cm³/mol. The number of hydrogen-bond donors (Lipinski definition) is 1. The third-order valence-corrected chi connectivity index (χ3v) is 2.49. The van der Waals surface area contributed by atoms with E-state index in [2.05, 4.69) is 0 Å². The fourth-order valence-electron chi connectivity index (χ4n) is 1.38. The highest BCUT2D eigenvalue weighted by Crippen LogP contribution is 2.36. The van der Waals surface area contributed by atoms with E-state index in [1.807, 2.05) is 0 Å². The highest BCUT2D eigenvalue weighted by molar-refractivity contribution is 6.32. The molecule has 0 saturated carbocycles. The van der Waals surface area contributed by atoms with Gasteiger partial charge < -0.3 is 19.3 Å². The molecule has 96 valence electrons. The maximum absolute atomic E-state index is 9.05.